The van der Waals surface area contributed by atoms with E-state index in [0.717, 1.165) is 11.0 Å². The van der Waals surface area contributed by atoms with E-state index < -0.39 is 0 Å². The molecule has 17 heavy (non-hydrogen) atoms. The van der Waals surface area contributed by atoms with Crippen LogP contribution in [-0.2, 0) is 9.53 Å². The van der Waals surface area contributed by atoms with Crippen molar-refractivity contribution < 1.29 is 9.53 Å². The second-order valence-electron chi connectivity index (χ2n) is 4.32. The molecule has 0 bridgehead atoms. The van der Waals surface area contributed by atoms with Gasteiger partial charge in [0, 0.05) is 12.0 Å². The Bertz CT molecular complexity index is 388. The van der Waals surface area contributed by atoms with E-state index >= 15 is 0 Å². The second-order valence-corrected chi connectivity index (χ2v) is 5.27. The third-order valence-electron chi connectivity index (χ3n) is 2.27. The average Bonchev–Trinajstić information content (AvgIpc) is 2.69. The molecule has 0 N–H and O–H groups in total. The lowest BCUT2D eigenvalue weighted by atomic mass is 10.2. The number of carbonyl (C=O) groups excluding carboxylic acids is 1. The van der Waals surface area contributed by atoms with Crippen LogP contribution < -0.4 is 0 Å². The van der Waals surface area contributed by atoms with Crippen LogP contribution in [0.3, 0.4) is 0 Å². The number of carbonyl (C=O) groups is 1. The fourth-order valence-corrected chi connectivity index (χ4v) is 2.36. The molecule has 0 saturated heterocycles. The Morgan fingerprint density at radius 1 is 1.35 bits per heavy atom. The van der Waals surface area contributed by atoms with E-state index in [1.165, 1.54) is 18.9 Å². The smallest absolute Gasteiger partial charge is 0.316 e. The van der Waals surface area contributed by atoms with E-state index in [2.05, 4.69) is 47.2 Å². The Labute approximate surface area is 106 Å². The van der Waals surface area contributed by atoms with Crippen LogP contribution >= 0.6 is 11.8 Å². The van der Waals surface area contributed by atoms with Gasteiger partial charge in [-0.15, -0.1) is 10.2 Å². The zero-order valence-corrected chi connectivity index (χ0v) is 11.7. The first-order chi connectivity index (χ1) is 7.97. The minimum atomic E-state index is -0.251. The molecule has 0 unspecified atom stereocenters. The van der Waals surface area contributed by atoms with Gasteiger partial charge in [-0.1, -0.05) is 25.6 Å². The van der Waals surface area contributed by atoms with Gasteiger partial charge < -0.3 is 9.30 Å². The highest BCUT2D eigenvalue weighted by Crippen LogP contribution is 2.25. The largest absolute Gasteiger partial charge is 0.468 e. The molecule has 0 saturated carbocycles. The lowest BCUT2D eigenvalue weighted by Gasteiger charge is -2.14. The van der Waals surface area contributed by atoms with Crippen LogP contribution in [0.2, 0.25) is 0 Å². The van der Waals surface area contributed by atoms with E-state index in [1.807, 2.05) is 0 Å². The van der Waals surface area contributed by atoms with Crippen LogP contribution in [0.4, 0.5) is 0 Å². The van der Waals surface area contributed by atoms with Crippen molar-refractivity contribution in [3.8, 4) is 0 Å². The van der Waals surface area contributed by atoms with Gasteiger partial charge >= 0.3 is 5.97 Å². The van der Waals surface area contributed by atoms with Crippen molar-refractivity contribution in [3.05, 3.63) is 5.82 Å². The zero-order valence-electron chi connectivity index (χ0n) is 10.9. The predicted molar refractivity (Wildman–Crippen MR) is 67.2 cm³/mol. The molecule has 1 heterocycles. The van der Waals surface area contributed by atoms with Crippen molar-refractivity contribution in [1.82, 2.24) is 14.8 Å². The topological polar surface area (TPSA) is 57.0 Å². The SMILES string of the molecule is COC(=O)CSc1nnc(C(C)C)n1C(C)C. The minimum Gasteiger partial charge on any atom is -0.468 e. The fourth-order valence-electron chi connectivity index (χ4n) is 1.45. The van der Waals surface area contributed by atoms with Crippen LogP contribution in [-0.4, -0.2) is 33.6 Å². The van der Waals surface area contributed by atoms with Crippen molar-refractivity contribution in [1.29, 1.82) is 0 Å². The quantitative estimate of drug-likeness (QED) is 0.598. The number of thioether (sulfide) groups is 1. The summed E-state index contributed by atoms with van der Waals surface area (Å²) in [7, 11) is 1.38. The molecular formula is C11H19N3O2S. The summed E-state index contributed by atoms with van der Waals surface area (Å²) in [6, 6.07) is 0.280. The summed E-state index contributed by atoms with van der Waals surface area (Å²) in [5.41, 5.74) is 0. The molecule has 96 valence electrons. The summed E-state index contributed by atoms with van der Waals surface area (Å²) in [6.07, 6.45) is 0. The zero-order chi connectivity index (χ0) is 13.0. The Balaban J connectivity index is 2.88. The van der Waals surface area contributed by atoms with Gasteiger partial charge in [-0.05, 0) is 13.8 Å². The first-order valence-corrected chi connectivity index (χ1v) is 6.60. The van der Waals surface area contributed by atoms with Crippen molar-refractivity contribution in [2.24, 2.45) is 0 Å². The molecule has 0 aromatic carbocycles. The van der Waals surface area contributed by atoms with Gasteiger partial charge in [0.05, 0.1) is 12.9 Å². The molecular weight excluding hydrogens is 238 g/mol. The molecule has 0 amide bonds. The highest BCUT2D eigenvalue weighted by atomic mass is 32.2. The van der Waals surface area contributed by atoms with Gasteiger partial charge in [0.25, 0.3) is 0 Å². The third kappa shape index (κ3) is 3.46. The van der Waals surface area contributed by atoms with Gasteiger partial charge in [-0.3, -0.25) is 4.79 Å². The number of esters is 1. The number of methoxy groups -OCH3 is 1. The maximum absolute atomic E-state index is 11.1. The van der Waals surface area contributed by atoms with E-state index in [9.17, 15) is 4.79 Å². The molecule has 5 nitrogen and oxygen atoms in total. The maximum Gasteiger partial charge on any atom is 0.316 e. The number of ether oxygens (including phenoxy) is 1. The Morgan fingerprint density at radius 3 is 2.47 bits per heavy atom. The molecule has 0 aliphatic heterocycles. The molecule has 1 aromatic rings. The Kier molecular flexibility index (Phi) is 4.99. The number of aromatic nitrogens is 3. The summed E-state index contributed by atoms with van der Waals surface area (Å²) in [4.78, 5) is 11.1. The Morgan fingerprint density at radius 2 is 2.00 bits per heavy atom. The number of hydrogen-bond acceptors (Lipinski definition) is 5. The molecule has 0 spiro atoms. The fraction of sp³-hybridized carbons (Fsp3) is 0.727. The van der Waals surface area contributed by atoms with Gasteiger partial charge in [0.1, 0.15) is 5.82 Å². The predicted octanol–water partition coefficient (Wildman–Crippen LogP) is 2.25. The number of rotatable bonds is 5. The van der Waals surface area contributed by atoms with Gasteiger partial charge in [0.15, 0.2) is 5.16 Å². The molecule has 0 aliphatic rings. The number of hydrogen-bond donors (Lipinski definition) is 0. The summed E-state index contributed by atoms with van der Waals surface area (Å²) >= 11 is 1.36. The van der Waals surface area contributed by atoms with Crippen molar-refractivity contribution in [2.75, 3.05) is 12.9 Å². The van der Waals surface area contributed by atoms with Crippen LogP contribution in [0.25, 0.3) is 0 Å². The highest BCUT2D eigenvalue weighted by Gasteiger charge is 2.18. The van der Waals surface area contributed by atoms with Crippen LogP contribution in [0.5, 0.6) is 0 Å². The summed E-state index contributed by atoms with van der Waals surface area (Å²) < 4.78 is 6.68. The van der Waals surface area contributed by atoms with Gasteiger partial charge in [-0.25, -0.2) is 0 Å². The standard InChI is InChI=1S/C11H19N3O2S/c1-7(2)10-12-13-11(14(10)8(3)4)17-6-9(15)16-5/h7-8H,6H2,1-5H3. The second kappa shape index (κ2) is 6.05. The monoisotopic (exact) mass is 257 g/mol. The highest BCUT2D eigenvalue weighted by molar-refractivity contribution is 7.99. The molecule has 0 atom stereocenters. The van der Waals surface area contributed by atoms with E-state index in [0.29, 0.717) is 5.92 Å². The van der Waals surface area contributed by atoms with Crippen molar-refractivity contribution in [3.63, 3.8) is 0 Å². The summed E-state index contributed by atoms with van der Waals surface area (Å²) in [5, 5.41) is 9.09. The Hall–Kier alpha value is -1.04. The average molecular weight is 257 g/mol. The number of nitrogens with zero attached hydrogens (tertiary/aromatic N) is 3. The first-order valence-electron chi connectivity index (χ1n) is 5.61. The van der Waals surface area contributed by atoms with Crippen LogP contribution in [0.1, 0.15) is 45.5 Å². The summed E-state index contributed by atoms with van der Waals surface area (Å²) in [5.74, 6) is 1.28. The van der Waals surface area contributed by atoms with Gasteiger partial charge in [0.2, 0.25) is 0 Å². The minimum absolute atomic E-state index is 0.251. The van der Waals surface area contributed by atoms with Crippen LogP contribution in [0, 0.1) is 0 Å². The van der Waals surface area contributed by atoms with Gasteiger partial charge in [-0.2, -0.15) is 0 Å². The normalized spacial score (nSPS) is 11.2. The van der Waals surface area contributed by atoms with Crippen LogP contribution in [0.15, 0.2) is 5.16 Å². The first kappa shape index (κ1) is 14.0. The lowest BCUT2D eigenvalue weighted by Crippen LogP contribution is -2.10. The van der Waals surface area contributed by atoms with E-state index in [-0.39, 0.29) is 17.8 Å². The maximum atomic E-state index is 11.1. The van der Waals surface area contributed by atoms with E-state index in [4.69, 9.17) is 0 Å². The third-order valence-corrected chi connectivity index (χ3v) is 3.19. The molecule has 0 fully saturated rings. The molecule has 1 rings (SSSR count). The van der Waals surface area contributed by atoms with Crippen molar-refractivity contribution in [2.45, 2.75) is 44.8 Å². The molecule has 1 aromatic heterocycles. The summed E-state index contributed by atoms with van der Waals surface area (Å²) in [6.45, 7) is 8.32. The van der Waals surface area contributed by atoms with E-state index in [1.54, 1.807) is 0 Å². The molecule has 0 aliphatic carbocycles. The molecule has 0 radical (unpaired) electrons. The lowest BCUT2D eigenvalue weighted by molar-refractivity contribution is -0.137. The van der Waals surface area contributed by atoms with Crippen molar-refractivity contribution >= 4 is 17.7 Å². The molecule has 6 heteroatoms.